The van der Waals surface area contributed by atoms with Gasteiger partial charge in [0.1, 0.15) is 0 Å². The van der Waals surface area contributed by atoms with Crippen LogP contribution in [0, 0.1) is 0 Å². The maximum absolute atomic E-state index is 12.5. The van der Waals surface area contributed by atoms with E-state index >= 15 is 0 Å². The first-order valence-electron chi connectivity index (χ1n) is 7.43. The van der Waals surface area contributed by atoms with Gasteiger partial charge in [0.05, 0.1) is 11.0 Å². The summed E-state index contributed by atoms with van der Waals surface area (Å²) >= 11 is 0. The van der Waals surface area contributed by atoms with Gasteiger partial charge in [-0.15, -0.1) is 0 Å². The Hall–Kier alpha value is -1.27. The molecule has 2 N–H and O–H groups in total. The van der Waals surface area contributed by atoms with Crippen LogP contribution in [0.2, 0.25) is 0 Å². The lowest BCUT2D eigenvalue weighted by molar-refractivity contribution is 0.174. The van der Waals surface area contributed by atoms with Crippen LogP contribution in [0.25, 0.3) is 0 Å². The summed E-state index contributed by atoms with van der Waals surface area (Å²) in [7, 11) is -3.14. The van der Waals surface area contributed by atoms with Gasteiger partial charge in [-0.3, -0.25) is 0 Å². The SMILES string of the molecule is NC(CS(=O)(=O)C1CCCCC1)c1ccc2c(c1)OCO2. The Bertz CT molecular complexity index is 608. The minimum Gasteiger partial charge on any atom is -0.454 e. The molecule has 2 aliphatic rings. The van der Waals surface area contributed by atoms with E-state index in [-0.39, 0.29) is 17.8 Å². The molecule has 1 aliphatic heterocycles. The second-order valence-corrected chi connectivity index (χ2v) is 8.13. The van der Waals surface area contributed by atoms with Gasteiger partial charge < -0.3 is 15.2 Å². The van der Waals surface area contributed by atoms with E-state index in [4.69, 9.17) is 15.2 Å². The van der Waals surface area contributed by atoms with Crippen molar-refractivity contribution in [2.75, 3.05) is 12.5 Å². The lowest BCUT2D eigenvalue weighted by atomic mass is 10.0. The summed E-state index contributed by atoms with van der Waals surface area (Å²) < 4.78 is 35.5. The summed E-state index contributed by atoms with van der Waals surface area (Å²) in [6.45, 7) is 0.203. The molecule has 0 aromatic heterocycles. The second-order valence-electron chi connectivity index (χ2n) is 5.81. The van der Waals surface area contributed by atoms with Crippen molar-refractivity contribution in [2.24, 2.45) is 5.73 Å². The van der Waals surface area contributed by atoms with E-state index in [0.717, 1.165) is 37.7 Å². The van der Waals surface area contributed by atoms with Crippen LogP contribution in [-0.4, -0.2) is 26.2 Å². The van der Waals surface area contributed by atoms with Crippen LogP contribution in [0.3, 0.4) is 0 Å². The first kappa shape index (κ1) is 14.7. The molecule has 0 amide bonds. The standard InChI is InChI=1S/C15H21NO4S/c16-13(9-21(17,18)12-4-2-1-3-5-12)11-6-7-14-15(8-11)20-10-19-14/h6-8,12-13H,1-5,9-10,16H2. The number of hydrogen-bond donors (Lipinski definition) is 1. The average Bonchev–Trinajstić information content (AvgIpc) is 2.95. The fourth-order valence-corrected chi connectivity index (χ4v) is 5.07. The number of rotatable bonds is 4. The number of sulfone groups is 1. The van der Waals surface area contributed by atoms with E-state index in [1.54, 1.807) is 12.1 Å². The molecule has 1 aromatic carbocycles. The highest BCUT2D eigenvalue weighted by Crippen LogP contribution is 2.34. The molecule has 1 aromatic rings. The van der Waals surface area contributed by atoms with Gasteiger partial charge in [-0.1, -0.05) is 25.3 Å². The van der Waals surface area contributed by atoms with Crippen LogP contribution >= 0.6 is 0 Å². The van der Waals surface area contributed by atoms with E-state index in [2.05, 4.69) is 0 Å². The zero-order valence-corrected chi connectivity index (χ0v) is 12.8. The van der Waals surface area contributed by atoms with E-state index in [0.29, 0.717) is 11.5 Å². The third-order valence-electron chi connectivity index (χ3n) is 4.30. The maximum Gasteiger partial charge on any atom is 0.231 e. The summed E-state index contributed by atoms with van der Waals surface area (Å²) in [5, 5.41) is -0.216. The Balaban J connectivity index is 1.71. The zero-order chi connectivity index (χ0) is 14.9. The van der Waals surface area contributed by atoms with Gasteiger partial charge in [0, 0.05) is 6.04 Å². The molecule has 0 spiro atoms. The van der Waals surface area contributed by atoms with Crippen LogP contribution in [0.1, 0.15) is 43.7 Å². The molecular formula is C15H21NO4S. The van der Waals surface area contributed by atoms with E-state index in [1.807, 2.05) is 6.07 Å². The molecule has 6 heteroatoms. The summed E-state index contributed by atoms with van der Waals surface area (Å²) in [6.07, 6.45) is 4.69. The van der Waals surface area contributed by atoms with Gasteiger partial charge in [0.25, 0.3) is 0 Å². The molecule has 1 saturated carbocycles. The molecule has 0 saturated heterocycles. The first-order chi connectivity index (χ1) is 10.1. The maximum atomic E-state index is 12.5. The highest BCUT2D eigenvalue weighted by Gasteiger charge is 2.29. The third kappa shape index (κ3) is 3.16. The van der Waals surface area contributed by atoms with Crippen LogP contribution in [0.5, 0.6) is 11.5 Å². The van der Waals surface area contributed by atoms with Gasteiger partial charge in [-0.25, -0.2) is 8.42 Å². The van der Waals surface area contributed by atoms with Crippen molar-refractivity contribution < 1.29 is 17.9 Å². The fraction of sp³-hybridized carbons (Fsp3) is 0.600. The van der Waals surface area contributed by atoms with Crippen molar-refractivity contribution >= 4 is 9.84 Å². The normalized spacial score (nSPS) is 20.4. The molecule has 3 rings (SSSR count). The van der Waals surface area contributed by atoms with Crippen molar-refractivity contribution in [1.82, 2.24) is 0 Å². The minimum absolute atomic E-state index is 0.00267. The number of hydrogen-bond acceptors (Lipinski definition) is 5. The number of benzene rings is 1. The number of ether oxygens (including phenoxy) is 2. The van der Waals surface area contributed by atoms with Crippen molar-refractivity contribution in [2.45, 2.75) is 43.4 Å². The molecular weight excluding hydrogens is 290 g/mol. The predicted molar refractivity (Wildman–Crippen MR) is 80.2 cm³/mol. The molecule has 1 atom stereocenters. The molecule has 0 bridgehead atoms. The highest BCUT2D eigenvalue weighted by molar-refractivity contribution is 7.92. The van der Waals surface area contributed by atoms with Crippen molar-refractivity contribution in [3.05, 3.63) is 23.8 Å². The van der Waals surface area contributed by atoms with Crippen molar-refractivity contribution in [3.63, 3.8) is 0 Å². The molecule has 21 heavy (non-hydrogen) atoms. The van der Waals surface area contributed by atoms with Gasteiger partial charge in [-0.2, -0.15) is 0 Å². The topological polar surface area (TPSA) is 78.6 Å². The molecule has 1 heterocycles. The molecule has 1 unspecified atom stereocenters. The lowest BCUT2D eigenvalue weighted by Gasteiger charge is -2.23. The summed E-state index contributed by atoms with van der Waals surface area (Å²) in [5.41, 5.74) is 6.88. The van der Waals surface area contributed by atoms with E-state index in [1.165, 1.54) is 0 Å². The predicted octanol–water partition coefficient (Wildman–Crippen LogP) is 2.16. The molecule has 5 nitrogen and oxygen atoms in total. The average molecular weight is 311 g/mol. The Kier molecular flexibility index (Phi) is 4.08. The fourth-order valence-electron chi connectivity index (χ4n) is 3.05. The second kappa shape index (κ2) is 5.85. The monoisotopic (exact) mass is 311 g/mol. The largest absolute Gasteiger partial charge is 0.454 e. The molecule has 116 valence electrons. The quantitative estimate of drug-likeness (QED) is 0.922. The first-order valence-corrected chi connectivity index (χ1v) is 9.14. The van der Waals surface area contributed by atoms with Crippen molar-refractivity contribution in [1.29, 1.82) is 0 Å². The van der Waals surface area contributed by atoms with Gasteiger partial charge >= 0.3 is 0 Å². The van der Waals surface area contributed by atoms with Gasteiger partial charge in [-0.05, 0) is 30.5 Å². The molecule has 0 radical (unpaired) electrons. The molecule has 1 fully saturated rings. The van der Waals surface area contributed by atoms with Crippen LogP contribution in [-0.2, 0) is 9.84 Å². The summed E-state index contributed by atoms with van der Waals surface area (Å²) in [4.78, 5) is 0. The minimum atomic E-state index is -3.14. The molecule has 1 aliphatic carbocycles. The Morgan fingerprint density at radius 2 is 1.86 bits per heavy atom. The highest BCUT2D eigenvalue weighted by atomic mass is 32.2. The van der Waals surface area contributed by atoms with Gasteiger partial charge in [0.2, 0.25) is 6.79 Å². The number of nitrogens with two attached hydrogens (primary N) is 1. The van der Waals surface area contributed by atoms with E-state index < -0.39 is 15.9 Å². The lowest BCUT2D eigenvalue weighted by Crippen LogP contribution is -2.31. The Morgan fingerprint density at radius 1 is 1.14 bits per heavy atom. The van der Waals surface area contributed by atoms with Crippen LogP contribution in [0.15, 0.2) is 18.2 Å². The van der Waals surface area contributed by atoms with Crippen molar-refractivity contribution in [3.8, 4) is 11.5 Å². The van der Waals surface area contributed by atoms with E-state index in [9.17, 15) is 8.42 Å². The summed E-state index contributed by atoms with van der Waals surface area (Å²) in [6, 6.07) is 4.86. The van der Waals surface area contributed by atoms with Crippen LogP contribution in [0.4, 0.5) is 0 Å². The zero-order valence-electron chi connectivity index (χ0n) is 12.0. The number of fused-ring (bicyclic) bond motifs is 1. The third-order valence-corrected chi connectivity index (χ3v) is 6.61. The Labute approximate surface area is 125 Å². The smallest absolute Gasteiger partial charge is 0.231 e. The Morgan fingerprint density at radius 3 is 2.62 bits per heavy atom. The summed E-state index contributed by atoms with van der Waals surface area (Å²) in [5.74, 6) is 1.32. The van der Waals surface area contributed by atoms with Crippen LogP contribution < -0.4 is 15.2 Å². The van der Waals surface area contributed by atoms with Gasteiger partial charge in [0.15, 0.2) is 21.3 Å².